The number of nitrogens with one attached hydrogen (secondary N) is 3. The molecule has 28 heavy (non-hydrogen) atoms. The third-order valence-electron chi connectivity index (χ3n) is 4.22. The number of carbonyl (C=O) groups is 3. The Kier molecular flexibility index (Phi) is 8.68. The highest BCUT2D eigenvalue weighted by Crippen LogP contribution is 2.11. The van der Waals surface area contributed by atoms with E-state index in [1.165, 1.54) is 0 Å². The van der Waals surface area contributed by atoms with E-state index in [1.54, 1.807) is 41.9 Å². The minimum atomic E-state index is -0.695. The van der Waals surface area contributed by atoms with Crippen LogP contribution < -0.4 is 16.1 Å². The van der Waals surface area contributed by atoms with Crippen LogP contribution in [0.5, 0.6) is 0 Å². The van der Waals surface area contributed by atoms with Crippen LogP contribution in [-0.4, -0.2) is 29.0 Å². The van der Waals surface area contributed by atoms with E-state index in [1.807, 2.05) is 24.3 Å². The van der Waals surface area contributed by atoms with Gasteiger partial charge in [-0.2, -0.15) is 0 Å². The highest BCUT2D eigenvalue weighted by atomic mass is 16.5. The summed E-state index contributed by atoms with van der Waals surface area (Å²) in [7, 11) is 0. The standard InChI is InChI=1S/C21H25N3O4/c25-19(24-28)15-9-3-8-14-18(21(27)22-17-12-6-2-7-13-17)23-20(26)16-10-4-1-5-11-16/h1-2,4-7,10-13,18,28H,3,8-9,14-15H2,(H,22,27)(H,23,26)(H,24,25)/t18-/m1/s1. The Bertz CT molecular complexity index is 766. The van der Waals surface area contributed by atoms with Crippen molar-refractivity contribution in [2.75, 3.05) is 5.32 Å². The van der Waals surface area contributed by atoms with Gasteiger partial charge in [0, 0.05) is 17.7 Å². The smallest absolute Gasteiger partial charge is 0.251 e. The molecule has 0 saturated heterocycles. The summed E-state index contributed by atoms with van der Waals surface area (Å²) >= 11 is 0. The number of hydroxylamine groups is 1. The maximum Gasteiger partial charge on any atom is 0.251 e. The van der Waals surface area contributed by atoms with Crippen molar-refractivity contribution in [1.82, 2.24) is 10.8 Å². The van der Waals surface area contributed by atoms with Gasteiger partial charge in [0.25, 0.3) is 5.91 Å². The summed E-state index contributed by atoms with van der Waals surface area (Å²) in [5.41, 5.74) is 2.74. The first-order chi connectivity index (χ1) is 13.6. The SMILES string of the molecule is O=C(CCCCC[C@@H](NC(=O)c1ccccc1)C(=O)Nc1ccccc1)NO. The van der Waals surface area contributed by atoms with Crippen molar-refractivity contribution < 1.29 is 19.6 Å². The quantitative estimate of drug-likeness (QED) is 0.287. The van der Waals surface area contributed by atoms with Crippen molar-refractivity contribution >= 4 is 23.4 Å². The van der Waals surface area contributed by atoms with Crippen molar-refractivity contribution in [3.05, 3.63) is 66.2 Å². The molecule has 4 N–H and O–H groups in total. The molecule has 0 aromatic heterocycles. The molecule has 3 amide bonds. The summed E-state index contributed by atoms with van der Waals surface area (Å²) in [6, 6.07) is 17.1. The minimum absolute atomic E-state index is 0.216. The molecule has 2 rings (SSSR count). The number of unbranched alkanes of at least 4 members (excludes halogenated alkanes) is 2. The number of rotatable bonds is 10. The maximum atomic E-state index is 12.7. The zero-order valence-corrected chi connectivity index (χ0v) is 15.6. The third kappa shape index (κ3) is 7.20. The molecule has 2 aromatic rings. The van der Waals surface area contributed by atoms with Crippen LogP contribution in [0, 0.1) is 0 Å². The molecular formula is C21H25N3O4. The number of para-hydroxylation sites is 1. The lowest BCUT2D eigenvalue weighted by molar-refractivity contribution is -0.129. The van der Waals surface area contributed by atoms with Crippen molar-refractivity contribution in [1.29, 1.82) is 0 Å². The van der Waals surface area contributed by atoms with E-state index < -0.39 is 11.9 Å². The van der Waals surface area contributed by atoms with Gasteiger partial charge in [-0.25, -0.2) is 5.48 Å². The molecular weight excluding hydrogens is 358 g/mol. The maximum absolute atomic E-state index is 12.7. The normalized spacial score (nSPS) is 11.3. The monoisotopic (exact) mass is 383 g/mol. The fraction of sp³-hybridized carbons (Fsp3) is 0.286. The average molecular weight is 383 g/mol. The van der Waals surface area contributed by atoms with E-state index in [9.17, 15) is 14.4 Å². The first kappa shape index (κ1) is 21.1. The van der Waals surface area contributed by atoms with Crippen LogP contribution in [0.1, 0.15) is 42.5 Å². The van der Waals surface area contributed by atoms with Crippen LogP contribution >= 0.6 is 0 Å². The Morgan fingerprint density at radius 3 is 2.14 bits per heavy atom. The first-order valence-electron chi connectivity index (χ1n) is 9.25. The predicted octanol–water partition coefficient (Wildman–Crippen LogP) is 2.88. The zero-order valence-electron chi connectivity index (χ0n) is 15.6. The number of anilines is 1. The average Bonchev–Trinajstić information content (AvgIpc) is 2.73. The lowest BCUT2D eigenvalue weighted by Crippen LogP contribution is -2.43. The summed E-state index contributed by atoms with van der Waals surface area (Å²) < 4.78 is 0. The van der Waals surface area contributed by atoms with Crippen LogP contribution in [0.2, 0.25) is 0 Å². The minimum Gasteiger partial charge on any atom is -0.340 e. The molecule has 148 valence electrons. The second-order valence-electron chi connectivity index (χ2n) is 6.38. The predicted molar refractivity (Wildman–Crippen MR) is 106 cm³/mol. The lowest BCUT2D eigenvalue weighted by Gasteiger charge is -2.18. The van der Waals surface area contributed by atoms with Gasteiger partial charge in [0.2, 0.25) is 11.8 Å². The van der Waals surface area contributed by atoms with Gasteiger partial charge in [-0.1, -0.05) is 49.2 Å². The molecule has 0 aliphatic heterocycles. The number of amides is 3. The van der Waals surface area contributed by atoms with E-state index in [0.29, 0.717) is 36.9 Å². The molecule has 1 atom stereocenters. The van der Waals surface area contributed by atoms with Gasteiger partial charge in [0.15, 0.2) is 0 Å². The molecule has 0 spiro atoms. The van der Waals surface area contributed by atoms with Gasteiger partial charge < -0.3 is 10.6 Å². The Hall–Kier alpha value is -3.19. The summed E-state index contributed by atoms with van der Waals surface area (Å²) in [6.45, 7) is 0. The second-order valence-corrected chi connectivity index (χ2v) is 6.38. The molecule has 0 aliphatic carbocycles. The van der Waals surface area contributed by atoms with Crippen LogP contribution in [0.15, 0.2) is 60.7 Å². The fourth-order valence-electron chi connectivity index (χ4n) is 2.72. The number of hydrogen-bond donors (Lipinski definition) is 4. The highest BCUT2D eigenvalue weighted by molar-refractivity contribution is 6.01. The molecule has 0 bridgehead atoms. The van der Waals surface area contributed by atoms with Gasteiger partial charge in [-0.3, -0.25) is 19.6 Å². The van der Waals surface area contributed by atoms with Gasteiger partial charge in [-0.15, -0.1) is 0 Å². The van der Waals surface area contributed by atoms with Gasteiger partial charge in [-0.05, 0) is 37.1 Å². The first-order valence-corrected chi connectivity index (χ1v) is 9.25. The second kappa shape index (κ2) is 11.5. The van der Waals surface area contributed by atoms with Gasteiger partial charge in [0.1, 0.15) is 6.04 Å². The van der Waals surface area contributed by atoms with Crippen molar-refractivity contribution in [3.63, 3.8) is 0 Å². The number of carbonyl (C=O) groups excluding carboxylic acids is 3. The van der Waals surface area contributed by atoms with Crippen LogP contribution in [0.3, 0.4) is 0 Å². The lowest BCUT2D eigenvalue weighted by atomic mass is 10.1. The Morgan fingerprint density at radius 1 is 0.857 bits per heavy atom. The summed E-state index contributed by atoms with van der Waals surface area (Å²) in [6.07, 6.45) is 2.60. The van der Waals surface area contributed by atoms with Crippen LogP contribution in [0.4, 0.5) is 5.69 Å². The van der Waals surface area contributed by atoms with E-state index in [4.69, 9.17) is 5.21 Å². The largest absolute Gasteiger partial charge is 0.340 e. The molecule has 7 heteroatoms. The van der Waals surface area contributed by atoms with Crippen molar-refractivity contribution in [2.24, 2.45) is 0 Å². The Labute approximate surface area is 164 Å². The topological polar surface area (TPSA) is 108 Å². The van der Waals surface area contributed by atoms with Crippen molar-refractivity contribution in [3.8, 4) is 0 Å². The van der Waals surface area contributed by atoms with E-state index in [0.717, 1.165) is 0 Å². The molecule has 0 radical (unpaired) electrons. The Morgan fingerprint density at radius 2 is 1.50 bits per heavy atom. The number of benzene rings is 2. The molecule has 0 heterocycles. The molecule has 0 saturated carbocycles. The summed E-state index contributed by atoms with van der Waals surface area (Å²) in [4.78, 5) is 36.2. The van der Waals surface area contributed by atoms with Crippen molar-refractivity contribution in [2.45, 2.75) is 38.1 Å². The molecule has 0 fully saturated rings. The molecule has 7 nitrogen and oxygen atoms in total. The van der Waals surface area contributed by atoms with Gasteiger partial charge >= 0.3 is 0 Å². The molecule has 0 aliphatic rings. The molecule has 2 aromatic carbocycles. The third-order valence-corrected chi connectivity index (χ3v) is 4.22. The van der Waals surface area contributed by atoms with E-state index in [-0.39, 0.29) is 18.2 Å². The Balaban J connectivity index is 1.95. The fourth-order valence-corrected chi connectivity index (χ4v) is 2.72. The van der Waals surface area contributed by atoms with Crippen LogP contribution in [-0.2, 0) is 9.59 Å². The molecule has 0 unspecified atom stereocenters. The zero-order chi connectivity index (χ0) is 20.2. The summed E-state index contributed by atoms with van der Waals surface area (Å²) in [5.74, 6) is -1.03. The van der Waals surface area contributed by atoms with E-state index >= 15 is 0 Å². The van der Waals surface area contributed by atoms with E-state index in [2.05, 4.69) is 10.6 Å². The number of hydrogen-bond acceptors (Lipinski definition) is 4. The highest BCUT2D eigenvalue weighted by Gasteiger charge is 2.21. The van der Waals surface area contributed by atoms with Crippen LogP contribution in [0.25, 0.3) is 0 Å². The van der Waals surface area contributed by atoms with Gasteiger partial charge in [0.05, 0.1) is 0 Å². The summed E-state index contributed by atoms with van der Waals surface area (Å²) in [5, 5.41) is 14.1.